The van der Waals surface area contributed by atoms with Crippen LogP contribution in [0.1, 0.15) is 19.3 Å². The van der Waals surface area contributed by atoms with E-state index in [4.69, 9.17) is 0 Å². The fourth-order valence-electron chi connectivity index (χ4n) is 2.84. The van der Waals surface area contributed by atoms with Crippen molar-refractivity contribution < 1.29 is 0 Å². The highest BCUT2D eigenvalue weighted by molar-refractivity contribution is 6.76. The second-order valence-corrected chi connectivity index (χ2v) is 11.8. The molecule has 2 aliphatic rings. The van der Waals surface area contributed by atoms with Crippen LogP contribution in [0.15, 0.2) is 12.2 Å². The van der Waals surface area contributed by atoms with Crippen LogP contribution in [0.4, 0.5) is 0 Å². The lowest BCUT2D eigenvalue weighted by molar-refractivity contribution is 0.432. The first-order valence-corrected chi connectivity index (χ1v) is 9.44. The molecule has 0 aromatic heterocycles. The van der Waals surface area contributed by atoms with Crippen molar-refractivity contribution in [2.24, 2.45) is 17.8 Å². The van der Waals surface area contributed by atoms with Crippen LogP contribution in [0.25, 0.3) is 0 Å². The van der Waals surface area contributed by atoms with Crippen LogP contribution in [0.5, 0.6) is 0 Å². The zero-order chi connectivity index (χ0) is 9.47. The second-order valence-electron chi connectivity index (χ2n) is 6.14. The maximum atomic E-state index is 2.50. The van der Waals surface area contributed by atoms with Crippen LogP contribution in [0.2, 0.25) is 25.7 Å². The Bertz CT molecular complexity index is 212. The van der Waals surface area contributed by atoms with E-state index < -0.39 is 8.07 Å². The van der Waals surface area contributed by atoms with Gasteiger partial charge in [-0.3, -0.25) is 0 Å². The van der Waals surface area contributed by atoms with Crippen molar-refractivity contribution in [3.8, 4) is 0 Å². The molecular formula is C12H22Si. The Balaban J connectivity index is 1.81. The second kappa shape index (κ2) is 3.27. The first-order chi connectivity index (χ1) is 6.04. The first-order valence-electron chi connectivity index (χ1n) is 5.73. The third kappa shape index (κ3) is 2.25. The molecule has 1 heteroatoms. The molecule has 2 bridgehead atoms. The molecule has 0 amide bonds. The predicted octanol–water partition coefficient (Wildman–Crippen LogP) is 3.93. The number of hydrogen-bond donors (Lipinski definition) is 0. The zero-order valence-corrected chi connectivity index (χ0v) is 10.2. The van der Waals surface area contributed by atoms with E-state index in [-0.39, 0.29) is 0 Å². The third-order valence-corrected chi connectivity index (χ3v) is 5.47. The van der Waals surface area contributed by atoms with Gasteiger partial charge in [0.2, 0.25) is 0 Å². The summed E-state index contributed by atoms with van der Waals surface area (Å²) in [5.41, 5.74) is 0. The molecule has 3 unspecified atom stereocenters. The number of fused-ring (bicyclic) bond motifs is 2. The van der Waals surface area contributed by atoms with Crippen LogP contribution in [0.3, 0.4) is 0 Å². The Labute approximate surface area is 83.4 Å². The highest BCUT2D eigenvalue weighted by atomic mass is 28.3. The van der Waals surface area contributed by atoms with E-state index in [1.165, 1.54) is 25.3 Å². The van der Waals surface area contributed by atoms with Gasteiger partial charge >= 0.3 is 0 Å². The largest absolute Gasteiger partial charge is 0.0851 e. The van der Waals surface area contributed by atoms with Gasteiger partial charge in [-0.15, -0.1) is 0 Å². The average Bonchev–Trinajstić information content (AvgIpc) is 2.58. The van der Waals surface area contributed by atoms with Gasteiger partial charge in [-0.2, -0.15) is 0 Å². The fraction of sp³-hybridized carbons (Fsp3) is 0.833. The normalized spacial score (nSPS) is 37.3. The summed E-state index contributed by atoms with van der Waals surface area (Å²) in [6, 6.07) is 1.54. The molecule has 0 radical (unpaired) electrons. The molecule has 0 aliphatic heterocycles. The smallest absolute Gasteiger partial charge is 0.0442 e. The van der Waals surface area contributed by atoms with E-state index in [0.29, 0.717) is 0 Å². The molecule has 2 aliphatic carbocycles. The third-order valence-electron chi connectivity index (χ3n) is 3.68. The summed E-state index contributed by atoms with van der Waals surface area (Å²) in [5, 5.41) is 0. The van der Waals surface area contributed by atoms with Crippen LogP contribution in [0, 0.1) is 17.8 Å². The molecule has 0 aromatic rings. The Kier molecular flexibility index (Phi) is 2.39. The zero-order valence-electron chi connectivity index (χ0n) is 9.22. The van der Waals surface area contributed by atoms with Crippen molar-refractivity contribution in [3.05, 3.63) is 12.2 Å². The molecule has 74 valence electrons. The number of hydrogen-bond acceptors (Lipinski definition) is 0. The van der Waals surface area contributed by atoms with E-state index >= 15 is 0 Å². The number of rotatable bonds is 3. The van der Waals surface area contributed by atoms with E-state index in [1.807, 2.05) is 0 Å². The van der Waals surface area contributed by atoms with Crippen molar-refractivity contribution in [1.82, 2.24) is 0 Å². The predicted molar refractivity (Wildman–Crippen MR) is 61.6 cm³/mol. The lowest BCUT2D eigenvalue weighted by Crippen LogP contribution is -2.21. The molecule has 1 fully saturated rings. The standard InChI is InChI=1S/C12H22Si/c1-13(2,3)7-6-12-9-10-4-5-11(12)8-10/h4-5,10-12H,6-9H2,1-3H3. The molecule has 1 saturated carbocycles. The van der Waals surface area contributed by atoms with Crippen LogP contribution < -0.4 is 0 Å². The molecule has 13 heavy (non-hydrogen) atoms. The molecule has 2 rings (SSSR count). The van der Waals surface area contributed by atoms with Crippen LogP contribution in [-0.2, 0) is 0 Å². The summed E-state index contributed by atoms with van der Waals surface area (Å²) in [4.78, 5) is 0. The molecule has 3 atom stereocenters. The molecule has 0 N–H and O–H groups in total. The maximum Gasteiger partial charge on any atom is 0.0442 e. The molecule has 0 heterocycles. The summed E-state index contributed by atoms with van der Waals surface area (Å²) < 4.78 is 0. The van der Waals surface area contributed by atoms with Gasteiger partial charge in [-0.1, -0.05) is 44.3 Å². The van der Waals surface area contributed by atoms with Gasteiger partial charge in [0.1, 0.15) is 0 Å². The van der Waals surface area contributed by atoms with Crippen LogP contribution >= 0.6 is 0 Å². The maximum absolute atomic E-state index is 2.50. The number of allylic oxidation sites excluding steroid dienone is 2. The van der Waals surface area contributed by atoms with Crippen molar-refractivity contribution in [3.63, 3.8) is 0 Å². The van der Waals surface area contributed by atoms with E-state index in [9.17, 15) is 0 Å². The molecular weight excluding hydrogens is 172 g/mol. The first kappa shape index (κ1) is 9.51. The summed E-state index contributed by atoms with van der Waals surface area (Å²) in [5.74, 6) is 3.00. The summed E-state index contributed by atoms with van der Waals surface area (Å²) in [6.07, 6.45) is 9.45. The summed E-state index contributed by atoms with van der Waals surface area (Å²) in [6.45, 7) is 7.49. The van der Waals surface area contributed by atoms with Gasteiger partial charge in [0.05, 0.1) is 0 Å². The Morgan fingerprint density at radius 2 is 1.92 bits per heavy atom. The minimum Gasteiger partial charge on any atom is -0.0851 e. The fourth-order valence-corrected chi connectivity index (χ4v) is 4.08. The topological polar surface area (TPSA) is 0 Å². The van der Waals surface area contributed by atoms with Gasteiger partial charge in [0.15, 0.2) is 0 Å². The van der Waals surface area contributed by atoms with Crippen molar-refractivity contribution in [2.75, 3.05) is 0 Å². The minimum absolute atomic E-state index is 0.776. The SMILES string of the molecule is C[Si](C)(C)CCC1CC2C=CC1C2. The van der Waals surface area contributed by atoms with Gasteiger partial charge < -0.3 is 0 Å². The molecule has 0 saturated heterocycles. The Hall–Kier alpha value is -0.0431. The van der Waals surface area contributed by atoms with Crippen molar-refractivity contribution in [1.29, 1.82) is 0 Å². The Morgan fingerprint density at radius 3 is 2.38 bits per heavy atom. The van der Waals surface area contributed by atoms with E-state index in [0.717, 1.165) is 17.8 Å². The van der Waals surface area contributed by atoms with Crippen LogP contribution in [-0.4, -0.2) is 8.07 Å². The summed E-state index contributed by atoms with van der Waals surface area (Å²) >= 11 is 0. The lowest BCUT2D eigenvalue weighted by atomic mass is 9.91. The van der Waals surface area contributed by atoms with Crippen molar-refractivity contribution >= 4 is 8.07 Å². The highest BCUT2D eigenvalue weighted by Crippen LogP contribution is 2.45. The minimum atomic E-state index is -0.776. The van der Waals surface area contributed by atoms with Gasteiger partial charge in [0.25, 0.3) is 0 Å². The monoisotopic (exact) mass is 194 g/mol. The Morgan fingerprint density at radius 1 is 1.15 bits per heavy atom. The quantitative estimate of drug-likeness (QED) is 0.472. The molecule has 0 nitrogen and oxygen atoms in total. The summed E-state index contributed by atoms with van der Waals surface area (Å²) in [7, 11) is -0.776. The van der Waals surface area contributed by atoms with Gasteiger partial charge in [-0.25, -0.2) is 0 Å². The average molecular weight is 194 g/mol. The van der Waals surface area contributed by atoms with Gasteiger partial charge in [-0.05, 0) is 30.6 Å². The highest BCUT2D eigenvalue weighted by Gasteiger charge is 2.35. The molecule has 0 spiro atoms. The van der Waals surface area contributed by atoms with E-state index in [2.05, 4.69) is 31.8 Å². The van der Waals surface area contributed by atoms with E-state index in [1.54, 1.807) is 0 Å². The van der Waals surface area contributed by atoms with Gasteiger partial charge in [0, 0.05) is 8.07 Å². The molecule has 0 aromatic carbocycles. The lowest BCUT2D eigenvalue weighted by Gasteiger charge is -2.22. The van der Waals surface area contributed by atoms with Crippen molar-refractivity contribution in [2.45, 2.75) is 44.9 Å².